The molecule has 0 bridgehead atoms. The summed E-state index contributed by atoms with van der Waals surface area (Å²) in [5.41, 5.74) is 1.33. The molecule has 3 aromatic rings. The first-order chi connectivity index (χ1) is 14.4. The molecule has 0 spiro atoms. The summed E-state index contributed by atoms with van der Waals surface area (Å²) in [6.45, 7) is 1.30. The Morgan fingerprint density at radius 3 is 2.13 bits per heavy atom. The maximum absolute atomic E-state index is 12.8. The van der Waals surface area contributed by atoms with E-state index >= 15 is 0 Å². The van der Waals surface area contributed by atoms with Crippen LogP contribution in [0.5, 0.6) is 0 Å². The van der Waals surface area contributed by atoms with Crippen molar-refractivity contribution < 1.29 is 18.0 Å². The fraction of sp³-hybridized carbons (Fsp3) is 0.273. The summed E-state index contributed by atoms with van der Waals surface area (Å²) in [6.07, 6.45) is 0.757. The summed E-state index contributed by atoms with van der Waals surface area (Å²) in [7, 11) is 0. The molecule has 8 heteroatoms. The van der Waals surface area contributed by atoms with Crippen LogP contribution < -0.4 is 5.32 Å². The van der Waals surface area contributed by atoms with Crippen LogP contribution in [-0.4, -0.2) is 39.9 Å². The largest absolute Gasteiger partial charge is 0.416 e. The van der Waals surface area contributed by atoms with Gasteiger partial charge in [0.1, 0.15) is 0 Å². The van der Waals surface area contributed by atoms with Gasteiger partial charge in [0.25, 0.3) is 5.91 Å². The summed E-state index contributed by atoms with van der Waals surface area (Å²) >= 11 is 0. The van der Waals surface area contributed by atoms with E-state index in [-0.39, 0.29) is 11.9 Å². The lowest BCUT2D eigenvalue weighted by Gasteiger charge is -2.32. The molecule has 1 fully saturated rings. The summed E-state index contributed by atoms with van der Waals surface area (Å²) in [5.74, 6) is 0.698. The van der Waals surface area contributed by atoms with Gasteiger partial charge in [-0.2, -0.15) is 13.2 Å². The number of hydrogen-bond donors (Lipinski definition) is 2. The zero-order chi connectivity index (χ0) is 21.1. The molecule has 0 unspecified atom stereocenters. The molecular formula is C22H21F3N4O. The van der Waals surface area contributed by atoms with Crippen molar-refractivity contribution in [3.63, 3.8) is 0 Å². The second-order valence-electron chi connectivity index (χ2n) is 7.30. The number of carbonyl (C=O) groups is 1. The number of piperidine rings is 1. The molecule has 0 saturated carbocycles. The molecule has 5 nitrogen and oxygen atoms in total. The summed E-state index contributed by atoms with van der Waals surface area (Å²) in [6, 6.07) is 12.3. The molecule has 30 heavy (non-hydrogen) atoms. The van der Waals surface area contributed by atoms with Gasteiger partial charge in [0.05, 0.1) is 5.56 Å². The number of aromatic amines is 1. The van der Waals surface area contributed by atoms with E-state index in [1.165, 1.54) is 12.1 Å². The maximum atomic E-state index is 12.8. The van der Waals surface area contributed by atoms with Gasteiger partial charge >= 0.3 is 6.18 Å². The molecule has 0 aliphatic carbocycles. The van der Waals surface area contributed by atoms with Gasteiger partial charge in [-0.25, -0.2) is 4.98 Å². The predicted molar refractivity (Wildman–Crippen MR) is 108 cm³/mol. The number of amides is 1. The second-order valence-corrected chi connectivity index (χ2v) is 7.30. The second kappa shape index (κ2) is 8.22. The number of imidazole rings is 1. The zero-order valence-electron chi connectivity index (χ0n) is 16.1. The standard InChI is InChI=1S/C22H21F3N4O/c23-22(24,25)18-7-5-16(6-8-18)15-1-3-17(4-2-15)20(30)29-13-9-19(10-14-29)28-21-26-11-12-27-21/h1-8,11-12,19H,9-10,13-14H2,(H2,26,27,28). The third kappa shape index (κ3) is 4.48. The fourth-order valence-corrected chi connectivity index (χ4v) is 3.60. The van der Waals surface area contributed by atoms with Gasteiger partial charge in [0, 0.05) is 37.1 Å². The number of H-pyrrole nitrogens is 1. The minimum Gasteiger partial charge on any atom is -0.353 e. The molecule has 2 heterocycles. The van der Waals surface area contributed by atoms with E-state index in [1.54, 1.807) is 36.7 Å². The van der Waals surface area contributed by atoms with E-state index in [2.05, 4.69) is 15.3 Å². The van der Waals surface area contributed by atoms with Crippen LogP contribution in [0.1, 0.15) is 28.8 Å². The van der Waals surface area contributed by atoms with Crippen LogP contribution in [0.2, 0.25) is 0 Å². The van der Waals surface area contributed by atoms with Crippen molar-refractivity contribution in [3.05, 3.63) is 72.1 Å². The molecule has 4 rings (SSSR count). The van der Waals surface area contributed by atoms with E-state index in [4.69, 9.17) is 0 Å². The van der Waals surface area contributed by atoms with Crippen LogP contribution in [0.4, 0.5) is 19.1 Å². The van der Waals surface area contributed by atoms with Crippen molar-refractivity contribution in [1.29, 1.82) is 0 Å². The van der Waals surface area contributed by atoms with Gasteiger partial charge < -0.3 is 15.2 Å². The van der Waals surface area contributed by atoms with Crippen molar-refractivity contribution in [1.82, 2.24) is 14.9 Å². The molecule has 1 aliphatic heterocycles. The van der Waals surface area contributed by atoms with Crippen LogP contribution in [-0.2, 0) is 6.18 Å². The fourth-order valence-electron chi connectivity index (χ4n) is 3.60. The van der Waals surface area contributed by atoms with Gasteiger partial charge in [-0.15, -0.1) is 0 Å². The van der Waals surface area contributed by atoms with Gasteiger partial charge in [0.2, 0.25) is 0 Å². The highest BCUT2D eigenvalue weighted by Crippen LogP contribution is 2.31. The molecule has 1 aliphatic rings. The molecule has 1 saturated heterocycles. The topological polar surface area (TPSA) is 61.0 Å². The Bertz CT molecular complexity index is 975. The minimum atomic E-state index is -4.35. The van der Waals surface area contributed by atoms with Gasteiger partial charge in [-0.3, -0.25) is 4.79 Å². The number of anilines is 1. The lowest BCUT2D eigenvalue weighted by atomic mass is 10.0. The third-order valence-corrected chi connectivity index (χ3v) is 5.30. The Balaban J connectivity index is 1.36. The Labute approximate surface area is 171 Å². The summed E-state index contributed by atoms with van der Waals surface area (Å²) in [5, 5.41) is 3.32. The number of rotatable bonds is 4. The number of aromatic nitrogens is 2. The SMILES string of the molecule is O=C(c1ccc(-c2ccc(C(F)(F)F)cc2)cc1)N1CCC(Nc2ncc[nH]2)CC1. The van der Waals surface area contributed by atoms with Crippen molar-refractivity contribution in [2.45, 2.75) is 25.1 Å². The molecular weight excluding hydrogens is 393 g/mol. The first kappa shape index (κ1) is 20.0. The third-order valence-electron chi connectivity index (χ3n) is 5.30. The quantitative estimate of drug-likeness (QED) is 0.644. The Hall–Kier alpha value is -3.29. The molecule has 2 N–H and O–H groups in total. The Morgan fingerprint density at radius 2 is 1.60 bits per heavy atom. The lowest BCUT2D eigenvalue weighted by molar-refractivity contribution is -0.137. The van der Waals surface area contributed by atoms with Gasteiger partial charge in [-0.1, -0.05) is 24.3 Å². The highest BCUT2D eigenvalue weighted by atomic mass is 19.4. The monoisotopic (exact) mass is 414 g/mol. The summed E-state index contributed by atoms with van der Waals surface area (Å²) in [4.78, 5) is 21.8. The smallest absolute Gasteiger partial charge is 0.353 e. The Morgan fingerprint density at radius 1 is 1.00 bits per heavy atom. The van der Waals surface area contributed by atoms with Crippen molar-refractivity contribution in [3.8, 4) is 11.1 Å². The number of halogens is 3. The molecule has 0 radical (unpaired) electrons. The number of likely N-dealkylation sites (tertiary alicyclic amines) is 1. The number of nitrogens with one attached hydrogen (secondary N) is 2. The molecule has 156 valence electrons. The number of benzene rings is 2. The number of hydrogen-bond acceptors (Lipinski definition) is 3. The average molecular weight is 414 g/mol. The summed E-state index contributed by atoms with van der Waals surface area (Å²) < 4.78 is 38.1. The normalized spacial score (nSPS) is 15.2. The number of alkyl halides is 3. The highest BCUT2D eigenvalue weighted by Gasteiger charge is 2.30. The van der Waals surface area contributed by atoms with Crippen molar-refractivity contribution >= 4 is 11.9 Å². The number of nitrogens with zero attached hydrogens (tertiary/aromatic N) is 2. The van der Waals surface area contributed by atoms with Crippen LogP contribution in [0.15, 0.2) is 60.9 Å². The highest BCUT2D eigenvalue weighted by molar-refractivity contribution is 5.94. The predicted octanol–water partition coefficient (Wildman–Crippen LogP) is 4.81. The zero-order valence-corrected chi connectivity index (χ0v) is 16.1. The van der Waals surface area contributed by atoms with Crippen LogP contribution >= 0.6 is 0 Å². The first-order valence-corrected chi connectivity index (χ1v) is 9.73. The van der Waals surface area contributed by atoms with Crippen molar-refractivity contribution in [2.24, 2.45) is 0 Å². The van der Waals surface area contributed by atoms with E-state index in [0.717, 1.165) is 36.5 Å². The number of carbonyl (C=O) groups excluding carboxylic acids is 1. The van der Waals surface area contributed by atoms with Crippen LogP contribution in [0.25, 0.3) is 11.1 Å². The lowest BCUT2D eigenvalue weighted by Crippen LogP contribution is -2.42. The van der Waals surface area contributed by atoms with E-state index in [1.807, 2.05) is 4.90 Å². The molecule has 1 amide bonds. The van der Waals surface area contributed by atoms with Gasteiger partial charge in [0.15, 0.2) is 5.95 Å². The van der Waals surface area contributed by atoms with Crippen LogP contribution in [0.3, 0.4) is 0 Å². The maximum Gasteiger partial charge on any atom is 0.416 e. The average Bonchev–Trinajstić information content (AvgIpc) is 3.26. The molecule has 2 aromatic carbocycles. The van der Waals surface area contributed by atoms with E-state index < -0.39 is 11.7 Å². The van der Waals surface area contributed by atoms with E-state index in [9.17, 15) is 18.0 Å². The molecule has 1 aromatic heterocycles. The first-order valence-electron chi connectivity index (χ1n) is 9.73. The van der Waals surface area contributed by atoms with Crippen LogP contribution in [0, 0.1) is 0 Å². The van der Waals surface area contributed by atoms with Crippen molar-refractivity contribution in [2.75, 3.05) is 18.4 Å². The van der Waals surface area contributed by atoms with Gasteiger partial charge in [-0.05, 0) is 48.2 Å². The molecule has 0 atom stereocenters. The van der Waals surface area contributed by atoms with E-state index in [0.29, 0.717) is 24.2 Å². The Kier molecular flexibility index (Phi) is 5.48. The minimum absolute atomic E-state index is 0.0367.